The summed E-state index contributed by atoms with van der Waals surface area (Å²) in [5.74, 6) is 0.711. The van der Waals surface area contributed by atoms with Gasteiger partial charge in [-0.3, -0.25) is 9.78 Å². The van der Waals surface area contributed by atoms with E-state index in [1.54, 1.807) is 13.3 Å². The molecular formula is C11H17ClN6O. The highest BCUT2D eigenvalue weighted by Crippen LogP contribution is 2.26. The molecule has 0 aliphatic heterocycles. The van der Waals surface area contributed by atoms with Crippen molar-refractivity contribution < 1.29 is 4.74 Å². The molecule has 0 fully saturated rings. The van der Waals surface area contributed by atoms with E-state index in [4.69, 9.17) is 16.3 Å². The van der Waals surface area contributed by atoms with E-state index in [0.717, 1.165) is 12.2 Å². The van der Waals surface area contributed by atoms with Crippen molar-refractivity contribution in [3.63, 3.8) is 0 Å². The maximum Gasteiger partial charge on any atom is 0.147 e. The SMILES string of the molecule is CCNC(c1ncn[nH]1)c1c(Cl)cnn1CCOC. The predicted molar refractivity (Wildman–Crippen MR) is 71.0 cm³/mol. The van der Waals surface area contributed by atoms with Gasteiger partial charge in [0.1, 0.15) is 18.2 Å². The Kier molecular flexibility index (Phi) is 4.89. The Balaban J connectivity index is 2.33. The summed E-state index contributed by atoms with van der Waals surface area (Å²) in [6.45, 7) is 4.00. The summed E-state index contributed by atoms with van der Waals surface area (Å²) in [5, 5.41) is 14.9. The number of nitrogens with one attached hydrogen (secondary N) is 2. The van der Waals surface area contributed by atoms with Crippen LogP contribution in [0.3, 0.4) is 0 Å². The molecule has 0 saturated heterocycles. The number of rotatable bonds is 7. The molecule has 2 aromatic rings. The second kappa shape index (κ2) is 6.65. The van der Waals surface area contributed by atoms with Crippen LogP contribution in [-0.4, -0.2) is 45.2 Å². The van der Waals surface area contributed by atoms with Gasteiger partial charge in [0.05, 0.1) is 30.1 Å². The minimum Gasteiger partial charge on any atom is -0.383 e. The van der Waals surface area contributed by atoms with Gasteiger partial charge in [0.25, 0.3) is 0 Å². The van der Waals surface area contributed by atoms with Crippen LogP contribution < -0.4 is 5.32 Å². The minimum atomic E-state index is -0.167. The number of H-pyrrole nitrogens is 1. The number of methoxy groups -OCH3 is 1. The fourth-order valence-electron chi connectivity index (χ4n) is 1.90. The van der Waals surface area contributed by atoms with E-state index >= 15 is 0 Å². The topological polar surface area (TPSA) is 80.7 Å². The third kappa shape index (κ3) is 3.12. The van der Waals surface area contributed by atoms with Crippen LogP contribution in [0.1, 0.15) is 24.5 Å². The molecule has 2 aromatic heterocycles. The lowest BCUT2D eigenvalue weighted by atomic mass is 10.2. The quantitative estimate of drug-likeness (QED) is 0.793. The van der Waals surface area contributed by atoms with Gasteiger partial charge in [-0.25, -0.2) is 4.98 Å². The van der Waals surface area contributed by atoms with Crippen molar-refractivity contribution in [2.75, 3.05) is 20.3 Å². The monoisotopic (exact) mass is 284 g/mol. The van der Waals surface area contributed by atoms with E-state index in [1.807, 2.05) is 11.6 Å². The fraction of sp³-hybridized carbons (Fsp3) is 0.545. The van der Waals surface area contributed by atoms with Crippen molar-refractivity contribution >= 4 is 11.6 Å². The van der Waals surface area contributed by atoms with Gasteiger partial charge in [0.15, 0.2) is 0 Å². The minimum absolute atomic E-state index is 0.167. The second-order valence-electron chi connectivity index (χ2n) is 3.96. The average molecular weight is 285 g/mol. The molecule has 0 aliphatic rings. The lowest BCUT2D eigenvalue weighted by molar-refractivity contribution is 0.182. The van der Waals surface area contributed by atoms with Crippen LogP contribution in [-0.2, 0) is 11.3 Å². The van der Waals surface area contributed by atoms with Crippen molar-refractivity contribution in [3.05, 3.63) is 29.1 Å². The first-order valence-corrected chi connectivity index (χ1v) is 6.44. The lowest BCUT2D eigenvalue weighted by Gasteiger charge is -2.17. The van der Waals surface area contributed by atoms with Crippen LogP contribution in [0.2, 0.25) is 5.02 Å². The molecule has 0 radical (unpaired) electrons. The Labute approximate surface area is 116 Å². The van der Waals surface area contributed by atoms with Crippen LogP contribution in [0.25, 0.3) is 0 Å². The summed E-state index contributed by atoms with van der Waals surface area (Å²) < 4.78 is 6.90. The van der Waals surface area contributed by atoms with Gasteiger partial charge in [-0.1, -0.05) is 18.5 Å². The van der Waals surface area contributed by atoms with Gasteiger partial charge in [-0.05, 0) is 6.54 Å². The fourth-order valence-corrected chi connectivity index (χ4v) is 2.15. The smallest absolute Gasteiger partial charge is 0.147 e. The van der Waals surface area contributed by atoms with E-state index in [2.05, 4.69) is 25.6 Å². The summed E-state index contributed by atoms with van der Waals surface area (Å²) >= 11 is 6.25. The summed E-state index contributed by atoms with van der Waals surface area (Å²) in [7, 11) is 1.66. The largest absolute Gasteiger partial charge is 0.383 e. The molecule has 104 valence electrons. The predicted octanol–water partition coefficient (Wildman–Crippen LogP) is 1.000. The molecule has 0 amide bonds. The molecule has 0 saturated carbocycles. The zero-order valence-electron chi connectivity index (χ0n) is 10.9. The molecule has 8 heteroatoms. The number of ether oxygens (including phenoxy) is 1. The Morgan fingerprint density at radius 2 is 2.42 bits per heavy atom. The maximum absolute atomic E-state index is 6.25. The third-order valence-electron chi connectivity index (χ3n) is 2.73. The van der Waals surface area contributed by atoms with Gasteiger partial charge in [0, 0.05) is 7.11 Å². The normalized spacial score (nSPS) is 12.8. The molecule has 1 atom stereocenters. The summed E-state index contributed by atoms with van der Waals surface area (Å²) in [5.41, 5.74) is 0.859. The number of nitrogens with zero attached hydrogens (tertiary/aromatic N) is 4. The Bertz CT molecular complexity index is 497. The molecule has 2 N–H and O–H groups in total. The number of hydrogen-bond acceptors (Lipinski definition) is 5. The first-order chi connectivity index (χ1) is 9.27. The molecule has 1 unspecified atom stereocenters. The molecule has 2 rings (SSSR count). The van der Waals surface area contributed by atoms with E-state index < -0.39 is 0 Å². The third-order valence-corrected chi connectivity index (χ3v) is 3.02. The van der Waals surface area contributed by atoms with Crippen LogP contribution in [0.15, 0.2) is 12.5 Å². The zero-order valence-corrected chi connectivity index (χ0v) is 11.7. The molecule has 2 heterocycles. The average Bonchev–Trinajstić information content (AvgIpc) is 3.04. The highest BCUT2D eigenvalue weighted by Gasteiger charge is 2.23. The Morgan fingerprint density at radius 3 is 3.05 bits per heavy atom. The first kappa shape index (κ1) is 14.0. The van der Waals surface area contributed by atoms with Crippen molar-refractivity contribution in [2.45, 2.75) is 19.5 Å². The van der Waals surface area contributed by atoms with E-state index in [9.17, 15) is 0 Å². The standard InChI is InChI=1S/C11H17ClN6O/c1-3-13-9(11-14-7-15-17-11)10-8(12)6-16-18(10)4-5-19-2/h6-7,9,13H,3-5H2,1-2H3,(H,14,15,17). The summed E-state index contributed by atoms with van der Waals surface area (Å²) in [4.78, 5) is 4.19. The van der Waals surface area contributed by atoms with Crippen LogP contribution in [0.5, 0.6) is 0 Å². The van der Waals surface area contributed by atoms with Gasteiger partial charge in [0.2, 0.25) is 0 Å². The van der Waals surface area contributed by atoms with Crippen LogP contribution in [0, 0.1) is 0 Å². The van der Waals surface area contributed by atoms with Crippen molar-refractivity contribution in [1.82, 2.24) is 30.3 Å². The van der Waals surface area contributed by atoms with Gasteiger partial charge >= 0.3 is 0 Å². The molecular weight excluding hydrogens is 268 g/mol. The van der Waals surface area contributed by atoms with Gasteiger partial charge in [-0.15, -0.1) is 0 Å². The number of aromatic nitrogens is 5. The number of halogens is 1. The van der Waals surface area contributed by atoms with Crippen molar-refractivity contribution in [2.24, 2.45) is 0 Å². The molecule has 0 aliphatic carbocycles. The van der Waals surface area contributed by atoms with E-state index in [1.165, 1.54) is 6.33 Å². The Hall–Kier alpha value is -1.44. The van der Waals surface area contributed by atoms with Crippen LogP contribution in [0.4, 0.5) is 0 Å². The van der Waals surface area contributed by atoms with E-state index in [0.29, 0.717) is 24.0 Å². The van der Waals surface area contributed by atoms with Crippen LogP contribution >= 0.6 is 11.6 Å². The molecule has 19 heavy (non-hydrogen) atoms. The van der Waals surface area contributed by atoms with Gasteiger partial charge < -0.3 is 10.1 Å². The number of aromatic amines is 1. The molecule has 0 aromatic carbocycles. The first-order valence-electron chi connectivity index (χ1n) is 6.06. The molecule has 7 nitrogen and oxygen atoms in total. The highest BCUT2D eigenvalue weighted by molar-refractivity contribution is 6.31. The summed E-state index contributed by atoms with van der Waals surface area (Å²) in [6, 6.07) is -0.167. The van der Waals surface area contributed by atoms with E-state index in [-0.39, 0.29) is 6.04 Å². The molecule has 0 spiro atoms. The molecule has 0 bridgehead atoms. The second-order valence-corrected chi connectivity index (χ2v) is 4.36. The lowest BCUT2D eigenvalue weighted by Crippen LogP contribution is -2.27. The maximum atomic E-state index is 6.25. The van der Waals surface area contributed by atoms with Crippen molar-refractivity contribution in [3.8, 4) is 0 Å². The Morgan fingerprint density at radius 1 is 1.58 bits per heavy atom. The number of hydrogen-bond donors (Lipinski definition) is 2. The van der Waals surface area contributed by atoms with Crippen molar-refractivity contribution in [1.29, 1.82) is 0 Å². The zero-order chi connectivity index (χ0) is 13.7. The summed E-state index contributed by atoms with van der Waals surface area (Å²) in [6.07, 6.45) is 3.11. The highest BCUT2D eigenvalue weighted by atomic mass is 35.5. The van der Waals surface area contributed by atoms with Gasteiger partial charge in [-0.2, -0.15) is 10.2 Å².